The molecule has 3 nitrogen and oxygen atoms in total. The molecule has 2 fully saturated rings. The van der Waals surface area contributed by atoms with Crippen molar-refractivity contribution in [2.24, 2.45) is 0 Å². The number of piperidine rings is 2. The second-order valence-corrected chi connectivity index (χ2v) is 7.32. The van der Waals surface area contributed by atoms with Gasteiger partial charge in [0.1, 0.15) is 0 Å². The molecule has 3 heteroatoms. The lowest BCUT2D eigenvalue weighted by molar-refractivity contribution is 0.156. The largest absolute Gasteiger partial charge is 0.311 e. The molecule has 128 valence electrons. The van der Waals surface area contributed by atoms with Gasteiger partial charge in [0.25, 0.3) is 0 Å². The quantitative estimate of drug-likeness (QED) is 0.870. The second-order valence-electron chi connectivity index (χ2n) is 7.32. The first kappa shape index (κ1) is 16.9. The molecule has 0 bridgehead atoms. The van der Waals surface area contributed by atoms with Gasteiger partial charge in [-0.15, -0.1) is 0 Å². The fourth-order valence-corrected chi connectivity index (χ4v) is 4.07. The van der Waals surface area contributed by atoms with Crippen LogP contribution in [0.2, 0.25) is 0 Å². The van der Waals surface area contributed by atoms with Crippen molar-refractivity contribution in [3.05, 3.63) is 35.9 Å². The third-order valence-corrected chi connectivity index (χ3v) is 5.44. The van der Waals surface area contributed by atoms with Gasteiger partial charge in [-0.05, 0) is 70.4 Å². The minimum atomic E-state index is 0.741. The van der Waals surface area contributed by atoms with E-state index in [0.29, 0.717) is 0 Å². The zero-order chi connectivity index (χ0) is 15.9. The van der Waals surface area contributed by atoms with Crippen LogP contribution in [0, 0.1) is 0 Å². The highest BCUT2D eigenvalue weighted by atomic mass is 15.2. The van der Waals surface area contributed by atoms with Gasteiger partial charge in [0.15, 0.2) is 0 Å². The average Bonchev–Trinajstić information content (AvgIpc) is 2.60. The van der Waals surface area contributed by atoms with Gasteiger partial charge in [0.2, 0.25) is 0 Å². The summed E-state index contributed by atoms with van der Waals surface area (Å²) in [6.07, 6.45) is 6.58. The van der Waals surface area contributed by atoms with Gasteiger partial charge in [0, 0.05) is 18.6 Å². The minimum absolute atomic E-state index is 0.741. The molecular formula is C20H33N3. The lowest BCUT2D eigenvalue weighted by Gasteiger charge is -2.37. The molecule has 0 amide bonds. The Hall–Kier alpha value is -0.900. The van der Waals surface area contributed by atoms with Gasteiger partial charge in [-0.25, -0.2) is 0 Å². The molecule has 0 aliphatic carbocycles. The average molecular weight is 316 g/mol. The van der Waals surface area contributed by atoms with E-state index in [1.54, 1.807) is 0 Å². The molecule has 0 aromatic heterocycles. The minimum Gasteiger partial charge on any atom is -0.311 e. The number of rotatable bonds is 6. The third kappa shape index (κ3) is 5.30. The number of hydrogen-bond acceptors (Lipinski definition) is 3. The predicted molar refractivity (Wildman–Crippen MR) is 97.6 cm³/mol. The van der Waals surface area contributed by atoms with Crippen molar-refractivity contribution in [1.29, 1.82) is 0 Å². The second kappa shape index (κ2) is 8.81. The van der Waals surface area contributed by atoms with Crippen molar-refractivity contribution < 1.29 is 0 Å². The molecule has 2 heterocycles. The summed E-state index contributed by atoms with van der Waals surface area (Å²) in [7, 11) is 0. The Balaban J connectivity index is 1.35. The van der Waals surface area contributed by atoms with Crippen LogP contribution in [0.1, 0.15) is 44.6 Å². The van der Waals surface area contributed by atoms with Crippen LogP contribution in [0.25, 0.3) is 0 Å². The number of hydrogen-bond donors (Lipinski definition) is 1. The van der Waals surface area contributed by atoms with Crippen LogP contribution in [0.3, 0.4) is 0 Å². The molecule has 0 unspecified atom stereocenters. The van der Waals surface area contributed by atoms with Gasteiger partial charge >= 0.3 is 0 Å². The van der Waals surface area contributed by atoms with E-state index in [4.69, 9.17) is 0 Å². The predicted octanol–water partition coefficient (Wildman–Crippen LogP) is 3.12. The maximum Gasteiger partial charge on any atom is 0.0233 e. The molecule has 2 aliphatic rings. The summed E-state index contributed by atoms with van der Waals surface area (Å²) in [6, 6.07) is 12.4. The molecule has 23 heavy (non-hydrogen) atoms. The molecule has 0 spiro atoms. The van der Waals surface area contributed by atoms with Crippen molar-refractivity contribution in [2.75, 3.05) is 32.7 Å². The van der Waals surface area contributed by atoms with Crippen LogP contribution >= 0.6 is 0 Å². The van der Waals surface area contributed by atoms with Gasteiger partial charge in [0.05, 0.1) is 0 Å². The van der Waals surface area contributed by atoms with Crippen molar-refractivity contribution in [1.82, 2.24) is 15.1 Å². The summed E-state index contributed by atoms with van der Waals surface area (Å²) in [5, 5.41) is 3.95. The number of nitrogens with zero attached hydrogens (tertiary/aromatic N) is 2. The highest BCUT2D eigenvalue weighted by Crippen LogP contribution is 2.17. The van der Waals surface area contributed by atoms with E-state index < -0.39 is 0 Å². The van der Waals surface area contributed by atoms with E-state index >= 15 is 0 Å². The zero-order valence-electron chi connectivity index (χ0n) is 14.7. The molecule has 1 aromatic rings. The van der Waals surface area contributed by atoms with Gasteiger partial charge in [-0.3, -0.25) is 4.90 Å². The van der Waals surface area contributed by atoms with E-state index in [0.717, 1.165) is 18.6 Å². The molecule has 3 rings (SSSR count). The summed E-state index contributed by atoms with van der Waals surface area (Å²) in [5.41, 5.74) is 1.45. The standard InChI is InChI=1S/C20H33N3/c1-2-12-22-13-8-19(9-14-22)21-20-10-15-23(16-11-20)17-18-6-4-3-5-7-18/h3-7,19-21H,2,8-17H2,1H3. The van der Waals surface area contributed by atoms with Crippen molar-refractivity contribution in [3.8, 4) is 0 Å². The highest BCUT2D eigenvalue weighted by molar-refractivity contribution is 5.14. The summed E-state index contributed by atoms with van der Waals surface area (Å²) in [4.78, 5) is 5.23. The number of likely N-dealkylation sites (tertiary alicyclic amines) is 2. The zero-order valence-corrected chi connectivity index (χ0v) is 14.7. The smallest absolute Gasteiger partial charge is 0.0233 e. The van der Waals surface area contributed by atoms with Crippen molar-refractivity contribution in [3.63, 3.8) is 0 Å². The first-order chi connectivity index (χ1) is 11.3. The molecule has 1 N–H and O–H groups in total. The number of benzene rings is 1. The Bertz CT molecular complexity index is 431. The molecule has 2 saturated heterocycles. The first-order valence-electron chi connectivity index (χ1n) is 9.58. The topological polar surface area (TPSA) is 18.5 Å². The lowest BCUT2D eigenvalue weighted by atomic mass is 9.99. The molecular weight excluding hydrogens is 282 g/mol. The Morgan fingerprint density at radius 2 is 1.43 bits per heavy atom. The maximum absolute atomic E-state index is 3.95. The van der Waals surface area contributed by atoms with E-state index in [9.17, 15) is 0 Å². The first-order valence-corrected chi connectivity index (χ1v) is 9.58. The van der Waals surface area contributed by atoms with Crippen molar-refractivity contribution >= 4 is 0 Å². The molecule has 0 atom stereocenters. The fraction of sp³-hybridized carbons (Fsp3) is 0.700. The van der Waals surface area contributed by atoms with Gasteiger partial charge in [-0.1, -0.05) is 37.3 Å². The van der Waals surface area contributed by atoms with E-state index in [1.807, 2.05) is 0 Å². The Morgan fingerprint density at radius 3 is 2.00 bits per heavy atom. The van der Waals surface area contributed by atoms with E-state index in [-0.39, 0.29) is 0 Å². The summed E-state index contributed by atoms with van der Waals surface area (Å²) >= 11 is 0. The summed E-state index contributed by atoms with van der Waals surface area (Å²) < 4.78 is 0. The fourth-order valence-electron chi connectivity index (χ4n) is 4.07. The van der Waals surface area contributed by atoms with Crippen LogP contribution in [-0.4, -0.2) is 54.6 Å². The van der Waals surface area contributed by atoms with Crippen LogP contribution in [0.15, 0.2) is 30.3 Å². The van der Waals surface area contributed by atoms with E-state index in [2.05, 4.69) is 52.4 Å². The van der Waals surface area contributed by atoms with Crippen LogP contribution < -0.4 is 5.32 Å². The van der Waals surface area contributed by atoms with E-state index in [1.165, 1.54) is 70.4 Å². The van der Waals surface area contributed by atoms with Crippen LogP contribution in [0.5, 0.6) is 0 Å². The Kier molecular flexibility index (Phi) is 6.49. The normalized spacial score (nSPS) is 22.5. The monoisotopic (exact) mass is 315 g/mol. The number of nitrogens with one attached hydrogen (secondary N) is 1. The van der Waals surface area contributed by atoms with Crippen molar-refractivity contribution in [2.45, 2.75) is 57.7 Å². The van der Waals surface area contributed by atoms with Gasteiger partial charge in [-0.2, -0.15) is 0 Å². The van der Waals surface area contributed by atoms with Crippen LogP contribution in [0.4, 0.5) is 0 Å². The summed E-state index contributed by atoms with van der Waals surface area (Å²) in [6.45, 7) is 9.74. The third-order valence-electron chi connectivity index (χ3n) is 5.44. The molecule has 0 saturated carbocycles. The highest BCUT2D eigenvalue weighted by Gasteiger charge is 2.24. The lowest BCUT2D eigenvalue weighted by Crippen LogP contribution is -2.49. The van der Waals surface area contributed by atoms with Gasteiger partial charge < -0.3 is 10.2 Å². The molecule has 0 radical (unpaired) electrons. The Morgan fingerprint density at radius 1 is 0.870 bits per heavy atom. The Labute approximate surface area is 142 Å². The summed E-state index contributed by atoms with van der Waals surface area (Å²) in [5.74, 6) is 0. The molecule has 2 aliphatic heterocycles. The SMILES string of the molecule is CCCN1CCC(NC2CCN(Cc3ccccc3)CC2)CC1. The molecule has 1 aromatic carbocycles. The maximum atomic E-state index is 3.95. The van der Waals surface area contributed by atoms with Crippen LogP contribution in [-0.2, 0) is 6.54 Å².